The van der Waals surface area contributed by atoms with Crippen LogP contribution in [-0.2, 0) is 23.9 Å². The minimum Gasteiger partial charge on any atom is -0.464 e. The number of ether oxygens (including phenoxy) is 2. The molecule has 0 aromatic rings. The minimum absolute atomic E-state index is 0.0335. The van der Waals surface area contributed by atoms with Crippen molar-refractivity contribution in [3.63, 3.8) is 0 Å². The molecule has 1 unspecified atom stereocenters. The van der Waals surface area contributed by atoms with Crippen LogP contribution in [0.4, 0.5) is 4.79 Å². The van der Waals surface area contributed by atoms with E-state index in [1.54, 1.807) is 27.7 Å². The van der Waals surface area contributed by atoms with E-state index in [1.165, 1.54) is 0 Å². The summed E-state index contributed by atoms with van der Waals surface area (Å²) < 4.78 is 9.80. The third-order valence-corrected chi connectivity index (χ3v) is 2.55. The minimum atomic E-state index is -1.37. The van der Waals surface area contributed by atoms with Gasteiger partial charge in [0.25, 0.3) is 0 Å². The van der Waals surface area contributed by atoms with Crippen molar-refractivity contribution in [1.29, 1.82) is 0 Å². The average Bonchev–Trinajstić information content (AvgIpc) is 2.39. The summed E-state index contributed by atoms with van der Waals surface area (Å²) >= 11 is 0. The van der Waals surface area contributed by atoms with Gasteiger partial charge in [-0.15, -0.1) is 0 Å². The summed E-state index contributed by atoms with van der Waals surface area (Å²) in [5, 5.41) is 4.55. The molecule has 0 heterocycles. The Morgan fingerprint density at radius 3 is 2.12 bits per heavy atom. The van der Waals surface area contributed by atoms with Gasteiger partial charge in [0.05, 0.1) is 6.61 Å². The van der Waals surface area contributed by atoms with Crippen LogP contribution < -0.4 is 10.6 Å². The Labute approximate surface area is 142 Å². The first-order chi connectivity index (χ1) is 11.0. The fourth-order valence-electron chi connectivity index (χ4n) is 1.70. The summed E-state index contributed by atoms with van der Waals surface area (Å²) in [4.78, 5) is 47.3. The van der Waals surface area contributed by atoms with Gasteiger partial charge in [0, 0.05) is 6.42 Å². The topological polar surface area (TPSA) is 111 Å². The Bertz CT molecular complexity index is 468. The predicted molar refractivity (Wildman–Crippen MR) is 87.3 cm³/mol. The Morgan fingerprint density at radius 2 is 1.67 bits per heavy atom. The van der Waals surface area contributed by atoms with E-state index in [-0.39, 0.29) is 18.9 Å². The lowest BCUT2D eigenvalue weighted by Crippen LogP contribution is -2.50. The van der Waals surface area contributed by atoms with Crippen molar-refractivity contribution >= 4 is 23.8 Å². The zero-order valence-corrected chi connectivity index (χ0v) is 15.2. The smallest absolute Gasteiger partial charge is 0.408 e. The number of rotatable bonds is 8. The SMILES string of the molecule is CCOC(=O)C(NC(=O)CNC(=O)OC(C)(C)C)C(=O)CC(C)C. The van der Waals surface area contributed by atoms with Crippen molar-refractivity contribution in [3.05, 3.63) is 0 Å². The van der Waals surface area contributed by atoms with Gasteiger partial charge in [-0.2, -0.15) is 0 Å². The van der Waals surface area contributed by atoms with Crippen LogP contribution in [0.5, 0.6) is 0 Å². The number of hydrogen-bond acceptors (Lipinski definition) is 6. The molecule has 8 nitrogen and oxygen atoms in total. The monoisotopic (exact) mass is 344 g/mol. The van der Waals surface area contributed by atoms with Crippen LogP contribution in [0.1, 0.15) is 48.0 Å². The maximum absolute atomic E-state index is 12.1. The number of alkyl carbamates (subject to hydrolysis) is 1. The lowest BCUT2D eigenvalue weighted by molar-refractivity contribution is -0.150. The maximum Gasteiger partial charge on any atom is 0.408 e. The fraction of sp³-hybridized carbons (Fsp3) is 0.750. The summed E-state index contributed by atoms with van der Waals surface area (Å²) in [6.07, 6.45) is -0.637. The fourth-order valence-corrected chi connectivity index (χ4v) is 1.70. The Balaban J connectivity index is 4.67. The second kappa shape index (κ2) is 9.89. The second-order valence-corrected chi connectivity index (χ2v) is 6.67. The van der Waals surface area contributed by atoms with Crippen LogP contribution in [-0.4, -0.2) is 48.5 Å². The van der Waals surface area contributed by atoms with E-state index in [2.05, 4.69) is 10.6 Å². The molecule has 0 aromatic heterocycles. The zero-order valence-electron chi connectivity index (χ0n) is 15.2. The molecule has 0 saturated carbocycles. The van der Waals surface area contributed by atoms with E-state index >= 15 is 0 Å². The highest BCUT2D eigenvalue weighted by Gasteiger charge is 2.30. The van der Waals surface area contributed by atoms with E-state index in [9.17, 15) is 19.2 Å². The second-order valence-electron chi connectivity index (χ2n) is 6.67. The average molecular weight is 344 g/mol. The van der Waals surface area contributed by atoms with Gasteiger partial charge in [-0.3, -0.25) is 9.59 Å². The largest absolute Gasteiger partial charge is 0.464 e. The standard InChI is InChI=1S/C16H28N2O6/c1-7-23-14(21)13(11(19)8-10(2)3)18-12(20)9-17-15(22)24-16(4,5)6/h10,13H,7-9H2,1-6H3,(H,17,22)(H,18,20). The highest BCUT2D eigenvalue weighted by atomic mass is 16.6. The molecule has 0 aromatic carbocycles. The van der Waals surface area contributed by atoms with Gasteiger partial charge < -0.3 is 20.1 Å². The van der Waals surface area contributed by atoms with Crippen molar-refractivity contribution in [2.75, 3.05) is 13.2 Å². The maximum atomic E-state index is 12.1. The predicted octanol–water partition coefficient (Wildman–Crippen LogP) is 1.17. The number of Topliss-reactive ketones (excluding diaryl/α,β-unsaturated/α-hetero) is 1. The molecule has 0 radical (unpaired) electrons. The zero-order chi connectivity index (χ0) is 18.9. The van der Waals surface area contributed by atoms with Gasteiger partial charge in [-0.1, -0.05) is 13.8 Å². The van der Waals surface area contributed by atoms with Crippen LogP contribution in [0.2, 0.25) is 0 Å². The molecule has 138 valence electrons. The van der Waals surface area contributed by atoms with Crippen molar-refractivity contribution in [1.82, 2.24) is 10.6 Å². The highest BCUT2D eigenvalue weighted by Crippen LogP contribution is 2.06. The summed E-state index contributed by atoms with van der Waals surface area (Å²) in [6.45, 7) is 10.00. The molecular formula is C16H28N2O6. The van der Waals surface area contributed by atoms with Crippen molar-refractivity contribution in [2.24, 2.45) is 5.92 Å². The molecule has 0 aliphatic heterocycles. The first kappa shape index (κ1) is 21.9. The molecule has 0 spiro atoms. The van der Waals surface area contributed by atoms with E-state index in [0.29, 0.717) is 0 Å². The number of carbonyl (C=O) groups excluding carboxylic acids is 4. The van der Waals surface area contributed by atoms with Gasteiger partial charge in [-0.05, 0) is 33.6 Å². The van der Waals surface area contributed by atoms with Gasteiger partial charge >= 0.3 is 12.1 Å². The molecule has 8 heteroatoms. The highest BCUT2D eigenvalue weighted by molar-refractivity contribution is 6.06. The first-order valence-electron chi connectivity index (χ1n) is 7.91. The third-order valence-electron chi connectivity index (χ3n) is 2.55. The van der Waals surface area contributed by atoms with Crippen LogP contribution in [0.25, 0.3) is 0 Å². The number of esters is 1. The van der Waals surface area contributed by atoms with Gasteiger partial charge in [-0.25, -0.2) is 9.59 Å². The number of carbonyl (C=O) groups is 4. The first-order valence-corrected chi connectivity index (χ1v) is 7.91. The molecule has 2 amide bonds. The summed E-state index contributed by atoms with van der Waals surface area (Å²) in [6, 6.07) is -1.37. The van der Waals surface area contributed by atoms with Crippen LogP contribution in [0.3, 0.4) is 0 Å². The molecule has 24 heavy (non-hydrogen) atoms. The number of ketones is 1. The van der Waals surface area contributed by atoms with Crippen LogP contribution in [0, 0.1) is 5.92 Å². The van der Waals surface area contributed by atoms with Gasteiger partial charge in [0.15, 0.2) is 11.8 Å². The summed E-state index contributed by atoms with van der Waals surface area (Å²) in [5.74, 6) is -1.90. The molecule has 2 N–H and O–H groups in total. The number of amides is 2. The summed E-state index contributed by atoms with van der Waals surface area (Å²) in [7, 11) is 0. The molecule has 0 aliphatic carbocycles. The molecule has 0 bridgehead atoms. The van der Waals surface area contributed by atoms with Crippen molar-refractivity contribution in [3.8, 4) is 0 Å². The number of hydrogen-bond donors (Lipinski definition) is 2. The summed E-state index contributed by atoms with van der Waals surface area (Å²) in [5.41, 5.74) is -0.693. The molecule has 0 aliphatic rings. The quantitative estimate of drug-likeness (QED) is 0.505. The van der Waals surface area contributed by atoms with Crippen molar-refractivity contribution in [2.45, 2.75) is 59.6 Å². The van der Waals surface area contributed by atoms with Gasteiger partial charge in [0.1, 0.15) is 12.1 Å². The number of nitrogens with one attached hydrogen (secondary N) is 2. The van der Waals surface area contributed by atoms with E-state index in [0.717, 1.165) is 0 Å². The third kappa shape index (κ3) is 9.81. The Morgan fingerprint density at radius 1 is 1.08 bits per heavy atom. The molecule has 1 atom stereocenters. The van der Waals surface area contributed by atoms with E-state index in [1.807, 2.05) is 13.8 Å². The van der Waals surface area contributed by atoms with Crippen LogP contribution >= 0.6 is 0 Å². The molecule has 0 rings (SSSR count). The van der Waals surface area contributed by atoms with Crippen molar-refractivity contribution < 1.29 is 28.7 Å². The lowest BCUT2D eigenvalue weighted by atomic mass is 10.0. The van der Waals surface area contributed by atoms with E-state index in [4.69, 9.17) is 9.47 Å². The molecule has 0 fully saturated rings. The van der Waals surface area contributed by atoms with E-state index < -0.39 is 41.9 Å². The van der Waals surface area contributed by atoms with Crippen LogP contribution in [0.15, 0.2) is 0 Å². The lowest BCUT2D eigenvalue weighted by Gasteiger charge is -2.20. The molecule has 0 saturated heterocycles. The Hall–Kier alpha value is -2.12. The normalized spacial score (nSPS) is 12.3. The molecular weight excluding hydrogens is 316 g/mol. The Kier molecular flexibility index (Phi) is 9.02. The van der Waals surface area contributed by atoms with Gasteiger partial charge in [0.2, 0.25) is 5.91 Å².